The summed E-state index contributed by atoms with van der Waals surface area (Å²) in [4.78, 5) is 24.2. The van der Waals surface area contributed by atoms with Crippen molar-refractivity contribution < 1.29 is 19.4 Å². The lowest BCUT2D eigenvalue weighted by Crippen LogP contribution is -2.30. The van der Waals surface area contributed by atoms with Crippen molar-refractivity contribution in [2.45, 2.75) is 58.4 Å². The molecule has 10 nitrogen and oxygen atoms in total. The maximum Gasteiger partial charge on any atom is 0.320 e. The highest BCUT2D eigenvalue weighted by molar-refractivity contribution is 5.83. The van der Waals surface area contributed by atoms with Gasteiger partial charge in [-0.15, -0.1) is 0 Å². The molecule has 0 aliphatic carbocycles. The first-order valence-electron chi connectivity index (χ1n) is 10.6. The molecule has 2 aromatic heterocycles. The number of imidazole rings is 1. The molecule has 10 heteroatoms. The van der Waals surface area contributed by atoms with E-state index >= 15 is 0 Å². The van der Waals surface area contributed by atoms with E-state index in [0.717, 1.165) is 38.8 Å². The predicted octanol–water partition coefficient (Wildman–Crippen LogP) is 2.56. The maximum atomic E-state index is 8.36. The summed E-state index contributed by atoms with van der Waals surface area (Å²) in [5.41, 5.74) is 7.34. The van der Waals surface area contributed by atoms with Gasteiger partial charge in [0.1, 0.15) is 0 Å². The first-order valence-corrected chi connectivity index (χ1v) is 10.6. The second kappa shape index (κ2) is 12.8. The van der Waals surface area contributed by atoms with Gasteiger partial charge in [0.05, 0.1) is 13.7 Å². The Hall–Kier alpha value is -2.62. The number of nitrogen functional groups attached to an aromatic ring is 1. The Bertz CT molecular complexity index is 776. The molecule has 3 N–H and O–H groups in total. The largest absolute Gasteiger partial charge is 0.483 e. The van der Waals surface area contributed by atoms with Crippen molar-refractivity contribution in [3.05, 3.63) is 0 Å². The van der Waals surface area contributed by atoms with Crippen molar-refractivity contribution in [3.8, 4) is 12.0 Å². The average Bonchev–Trinajstić information content (AvgIpc) is 3.11. The number of aryl methyl sites for hydroxylation is 1. The van der Waals surface area contributed by atoms with Crippen LogP contribution in [0.4, 0.5) is 5.82 Å². The van der Waals surface area contributed by atoms with Crippen molar-refractivity contribution in [3.63, 3.8) is 0 Å². The number of piperidine rings is 1. The van der Waals surface area contributed by atoms with Gasteiger partial charge in [-0.3, -0.25) is 9.36 Å². The number of hydrogen-bond acceptors (Lipinski definition) is 8. The molecule has 0 bridgehead atoms. The van der Waals surface area contributed by atoms with Gasteiger partial charge in [0, 0.05) is 6.54 Å². The number of anilines is 1. The fourth-order valence-electron chi connectivity index (χ4n) is 3.50. The molecule has 0 aromatic carbocycles. The lowest BCUT2D eigenvalue weighted by atomic mass is 10.1. The summed E-state index contributed by atoms with van der Waals surface area (Å²) in [7, 11) is 1.62. The predicted molar refractivity (Wildman–Crippen MR) is 115 cm³/mol. The number of rotatable bonds is 10. The molecule has 2 aromatic rings. The van der Waals surface area contributed by atoms with E-state index in [9.17, 15) is 0 Å². The molecule has 3 heterocycles. The van der Waals surface area contributed by atoms with Crippen LogP contribution in [0.1, 0.15) is 51.9 Å². The summed E-state index contributed by atoms with van der Waals surface area (Å²) >= 11 is 0. The number of likely N-dealkylation sites (tertiary alicyclic amines) is 1. The maximum absolute atomic E-state index is 8.36. The Kier molecular flexibility index (Phi) is 10.1. The Morgan fingerprint density at radius 2 is 1.80 bits per heavy atom. The Morgan fingerprint density at radius 1 is 1.10 bits per heavy atom. The summed E-state index contributed by atoms with van der Waals surface area (Å²) in [6.07, 6.45) is 8.23. The molecule has 1 fully saturated rings. The highest BCUT2D eigenvalue weighted by Gasteiger charge is 2.18. The van der Waals surface area contributed by atoms with Crippen molar-refractivity contribution >= 4 is 23.5 Å². The van der Waals surface area contributed by atoms with Crippen LogP contribution in [0.2, 0.25) is 0 Å². The molecule has 0 amide bonds. The van der Waals surface area contributed by atoms with Gasteiger partial charge in [0.2, 0.25) is 0 Å². The number of carboxylic acid groups (broad SMARTS) is 1. The quantitative estimate of drug-likeness (QED) is 0.438. The fraction of sp³-hybridized carbons (Fsp3) is 0.700. The number of hydrogen-bond donors (Lipinski definition) is 2. The SMILES string of the molecule is CCCCOc1nc(N)c2nc(OC)n(CCCCN3CCCCC3)c2n1.O=CO. The van der Waals surface area contributed by atoms with Crippen LogP contribution in [0, 0.1) is 0 Å². The van der Waals surface area contributed by atoms with E-state index in [2.05, 4.69) is 26.8 Å². The van der Waals surface area contributed by atoms with Gasteiger partial charge in [0.15, 0.2) is 17.0 Å². The number of carbonyl (C=O) groups is 1. The zero-order chi connectivity index (χ0) is 21.8. The minimum Gasteiger partial charge on any atom is -0.483 e. The number of nitrogens with two attached hydrogens (primary N) is 1. The Balaban J connectivity index is 0.00000101. The van der Waals surface area contributed by atoms with E-state index in [1.54, 1.807) is 7.11 Å². The Morgan fingerprint density at radius 3 is 2.47 bits per heavy atom. The van der Waals surface area contributed by atoms with Gasteiger partial charge < -0.3 is 25.2 Å². The van der Waals surface area contributed by atoms with Gasteiger partial charge in [-0.1, -0.05) is 19.8 Å². The smallest absolute Gasteiger partial charge is 0.320 e. The van der Waals surface area contributed by atoms with Crippen molar-refractivity contribution in [1.82, 2.24) is 24.4 Å². The van der Waals surface area contributed by atoms with Crippen LogP contribution in [0.15, 0.2) is 0 Å². The van der Waals surface area contributed by atoms with Crippen molar-refractivity contribution in [2.24, 2.45) is 0 Å². The monoisotopic (exact) mass is 422 g/mol. The molecule has 1 aliphatic heterocycles. The zero-order valence-electron chi connectivity index (χ0n) is 18.0. The topological polar surface area (TPSA) is 129 Å². The van der Waals surface area contributed by atoms with Crippen LogP contribution in [0.25, 0.3) is 11.2 Å². The van der Waals surface area contributed by atoms with Gasteiger partial charge in [-0.05, 0) is 51.7 Å². The van der Waals surface area contributed by atoms with E-state index < -0.39 is 0 Å². The second-order valence-corrected chi connectivity index (χ2v) is 7.23. The van der Waals surface area contributed by atoms with E-state index in [1.807, 2.05) is 4.57 Å². The molecule has 0 radical (unpaired) electrons. The second-order valence-electron chi connectivity index (χ2n) is 7.23. The number of fused-ring (bicyclic) bond motifs is 1. The summed E-state index contributed by atoms with van der Waals surface area (Å²) in [5.74, 6) is 0.330. The molecule has 0 atom stereocenters. The number of nitrogens with zero attached hydrogens (tertiary/aromatic N) is 5. The third kappa shape index (κ3) is 6.72. The molecule has 30 heavy (non-hydrogen) atoms. The van der Waals surface area contributed by atoms with Crippen LogP contribution in [0.5, 0.6) is 12.0 Å². The highest BCUT2D eigenvalue weighted by Crippen LogP contribution is 2.26. The Labute approximate surface area is 177 Å². The molecule has 0 spiro atoms. The van der Waals surface area contributed by atoms with E-state index in [1.165, 1.54) is 32.4 Å². The van der Waals surface area contributed by atoms with Crippen molar-refractivity contribution in [2.75, 3.05) is 39.1 Å². The molecule has 1 aliphatic rings. The summed E-state index contributed by atoms with van der Waals surface area (Å²) in [6, 6.07) is 0.834. The molecular formula is C20H34N6O4. The standard InChI is InChI=1S/C19H32N6O2.CH2O2/c1-3-4-14-27-18-22-16(20)15-17(23-18)25(19(21-15)26-2)13-9-8-12-24-10-6-5-7-11-24;2-1-3/h3-14H2,1-2H3,(H2,20,22,23);1H,(H,2,3). The lowest BCUT2D eigenvalue weighted by Gasteiger charge is -2.26. The highest BCUT2D eigenvalue weighted by atomic mass is 16.5. The van der Waals surface area contributed by atoms with Gasteiger partial charge in [-0.25, -0.2) is 0 Å². The van der Waals surface area contributed by atoms with Gasteiger partial charge >= 0.3 is 6.01 Å². The molecule has 0 saturated carbocycles. The summed E-state index contributed by atoms with van der Waals surface area (Å²) in [5, 5.41) is 6.89. The van der Waals surface area contributed by atoms with E-state index in [-0.39, 0.29) is 6.47 Å². The van der Waals surface area contributed by atoms with Gasteiger partial charge in [-0.2, -0.15) is 15.0 Å². The van der Waals surface area contributed by atoms with Crippen LogP contribution in [-0.2, 0) is 11.3 Å². The molecule has 0 unspecified atom stereocenters. The average molecular weight is 423 g/mol. The zero-order valence-corrected chi connectivity index (χ0v) is 18.0. The van der Waals surface area contributed by atoms with Crippen LogP contribution in [0.3, 0.4) is 0 Å². The number of unbranched alkanes of at least 4 members (excludes halogenated alkanes) is 2. The van der Waals surface area contributed by atoms with E-state index in [0.29, 0.717) is 35.6 Å². The first kappa shape index (κ1) is 23.7. The molecular weight excluding hydrogens is 388 g/mol. The van der Waals surface area contributed by atoms with E-state index in [4.69, 9.17) is 25.1 Å². The van der Waals surface area contributed by atoms with Crippen LogP contribution < -0.4 is 15.2 Å². The third-order valence-electron chi connectivity index (χ3n) is 5.03. The molecule has 168 valence electrons. The lowest BCUT2D eigenvalue weighted by molar-refractivity contribution is -0.122. The minimum atomic E-state index is -0.250. The number of ether oxygens (including phenoxy) is 2. The fourth-order valence-corrected chi connectivity index (χ4v) is 3.50. The van der Waals surface area contributed by atoms with Crippen LogP contribution in [-0.4, -0.2) is 69.3 Å². The number of methoxy groups -OCH3 is 1. The van der Waals surface area contributed by atoms with Crippen LogP contribution >= 0.6 is 0 Å². The molecule has 1 saturated heterocycles. The number of aromatic nitrogens is 4. The summed E-state index contributed by atoms with van der Waals surface area (Å²) in [6.45, 7) is 6.86. The normalized spacial score (nSPS) is 14.2. The summed E-state index contributed by atoms with van der Waals surface area (Å²) < 4.78 is 13.1. The van der Waals surface area contributed by atoms with Gasteiger partial charge in [0.25, 0.3) is 12.5 Å². The molecule has 3 rings (SSSR count). The minimum absolute atomic E-state index is 0.250. The first-order chi connectivity index (χ1) is 14.6. The van der Waals surface area contributed by atoms with Crippen molar-refractivity contribution in [1.29, 1.82) is 0 Å². The third-order valence-corrected chi connectivity index (χ3v) is 5.03.